The van der Waals surface area contributed by atoms with Crippen molar-refractivity contribution in [1.82, 2.24) is 0 Å². The van der Waals surface area contributed by atoms with Crippen LogP contribution in [0.1, 0.15) is 0 Å². The third-order valence-corrected chi connectivity index (χ3v) is 2.28. The zero-order chi connectivity index (χ0) is 11.4. The highest BCUT2D eigenvalue weighted by molar-refractivity contribution is 5.64. The molecule has 0 saturated carbocycles. The first-order valence-electron chi connectivity index (χ1n) is 5.06. The molecule has 0 aliphatic heterocycles. The molecule has 0 amide bonds. The number of para-hydroxylation sites is 1. The highest BCUT2D eigenvalue weighted by Crippen LogP contribution is 2.26. The van der Waals surface area contributed by atoms with Gasteiger partial charge in [0.25, 0.3) is 0 Å². The van der Waals surface area contributed by atoms with E-state index in [1.165, 1.54) is 0 Å². The van der Waals surface area contributed by atoms with Crippen molar-refractivity contribution >= 4 is 17.1 Å². The van der Waals surface area contributed by atoms with Crippen LogP contribution in [-0.2, 0) is 4.84 Å². The van der Waals surface area contributed by atoms with Gasteiger partial charge in [-0.05, 0) is 30.3 Å². The molecule has 0 heterocycles. The SMILES string of the molecule is CON(c1ccccc1)c1cccc(N)c1. The van der Waals surface area contributed by atoms with E-state index in [-0.39, 0.29) is 0 Å². The highest BCUT2D eigenvalue weighted by Gasteiger charge is 2.07. The Kier molecular flexibility index (Phi) is 3.08. The summed E-state index contributed by atoms with van der Waals surface area (Å²) in [5, 5.41) is 1.73. The molecule has 0 atom stereocenters. The van der Waals surface area contributed by atoms with E-state index in [0.29, 0.717) is 0 Å². The smallest absolute Gasteiger partial charge is 0.0715 e. The predicted molar refractivity (Wildman–Crippen MR) is 66.4 cm³/mol. The molecule has 16 heavy (non-hydrogen) atoms. The van der Waals surface area contributed by atoms with E-state index in [1.807, 2.05) is 54.6 Å². The standard InChI is InChI=1S/C13H14N2O/c1-16-15(12-7-3-2-4-8-12)13-9-5-6-11(14)10-13/h2-10H,14H2,1H3. The van der Waals surface area contributed by atoms with Crippen molar-refractivity contribution < 1.29 is 4.84 Å². The van der Waals surface area contributed by atoms with Crippen molar-refractivity contribution in [2.75, 3.05) is 17.9 Å². The molecule has 0 aromatic heterocycles. The largest absolute Gasteiger partial charge is 0.399 e. The lowest BCUT2D eigenvalue weighted by Crippen LogP contribution is -2.14. The Morgan fingerprint density at radius 3 is 2.25 bits per heavy atom. The van der Waals surface area contributed by atoms with E-state index in [9.17, 15) is 0 Å². The number of nitrogens with two attached hydrogens (primary N) is 1. The fraction of sp³-hybridized carbons (Fsp3) is 0.0769. The summed E-state index contributed by atoms with van der Waals surface area (Å²) >= 11 is 0. The molecule has 2 aromatic carbocycles. The van der Waals surface area contributed by atoms with Gasteiger partial charge in [-0.2, -0.15) is 0 Å². The minimum atomic E-state index is 0.718. The lowest BCUT2D eigenvalue weighted by Gasteiger charge is -2.21. The zero-order valence-corrected chi connectivity index (χ0v) is 9.13. The van der Waals surface area contributed by atoms with Gasteiger partial charge in [0.05, 0.1) is 18.5 Å². The summed E-state index contributed by atoms with van der Waals surface area (Å²) < 4.78 is 0. The van der Waals surface area contributed by atoms with Crippen molar-refractivity contribution in [2.45, 2.75) is 0 Å². The Morgan fingerprint density at radius 1 is 0.938 bits per heavy atom. The molecular formula is C13H14N2O. The molecule has 0 saturated heterocycles. The number of benzene rings is 2. The molecule has 0 bridgehead atoms. The molecule has 0 aliphatic carbocycles. The molecule has 2 aromatic rings. The maximum Gasteiger partial charge on any atom is 0.0715 e. The molecule has 0 radical (unpaired) electrons. The normalized spacial score (nSPS) is 10.1. The van der Waals surface area contributed by atoms with Crippen molar-refractivity contribution in [3.63, 3.8) is 0 Å². The number of hydrogen-bond donors (Lipinski definition) is 1. The zero-order valence-electron chi connectivity index (χ0n) is 9.13. The second-order valence-corrected chi connectivity index (χ2v) is 3.41. The second-order valence-electron chi connectivity index (χ2n) is 3.41. The first-order chi connectivity index (χ1) is 7.81. The van der Waals surface area contributed by atoms with Crippen LogP contribution >= 0.6 is 0 Å². The van der Waals surface area contributed by atoms with Crippen molar-refractivity contribution in [3.05, 3.63) is 54.6 Å². The number of anilines is 3. The number of nitrogens with zero attached hydrogens (tertiary/aromatic N) is 1. The molecule has 0 fully saturated rings. The van der Waals surface area contributed by atoms with Gasteiger partial charge in [-0.25, -0.2) is 5.06 Å². The Bertz CT molecular complexity index is 456. The fourth-order valence-corrected chi connectivity index (χ4v) is 1.57. The van der Waals surface area contributed by atoms with Gasteiger partial charge in [0.1, 0.15) is 0 Å². The minimum Gasteiger partial charge on any atom is -0.399 e. The molecule has 0 unspecified atom stereocenters. The van der Waals surface area contributed by atoms with Gasteiger partial charge in [-0.3, -0.25) is 4.84 Å². The van der Waals surface area contributed by atoms with Crippen LogP contribution in [0.4, 0.5) is 17.1 Å². The Balaban J connectivity index is 2.37. The highest BCUT2D eigenvalue weighted by atomic mass is 16.7. The summed E-state index contributed by atoms with van der Waals surface area (Å²) in [5.74, 6) is 0. The van der Waals surface area contributed by atoms with Crippen LogP contribution in [0.15, 0.2) is 54.6 Å². The third-order valence-electron chi connectivity index (χ3n) is 2.28. The number of hydrogen-bond acceptors (Lipinski definition) is 3. The number of nitrogen functional groups attached to an aromatic ring is 1. The van der Waals surface area contributed by atoms with Crippen LogP contribution in [0, 0.1) is 0 Å². The summed E-state index contributed by atoms with van der Waals surface area (Å²) in [6.07, 6.45) is 0. The number of rotatable bonds is 3. The van der Waals surface area contributed by atoms with Crippen LogP contribution in [0.5, 0.6) is 0 Å². The van der Waals surface area contributed by atoms with Crippen molar-refractivity contribution in [3.8, 4) is 0 Å². The molecule has 2 N–H and O–H groups in total. The van der Waals surface area contributed by atoms with E-state index >= 15 is 0 Å². The van der Waals surface area contributed by atoms with Gasteiger partial charge in [0.15, 0.2) is 0 Å². The van der Waals surface area contributed by atoms with E-state index in [0.717, 1.165) is 17.1 Å². The van der Waals surface area contributed by atoms with Gasteiger partial charge in [0, 0.05) is 5.69 Å². The molecular weight excluding hydrogens is 200 g/mol. The Labute approximate surface area is 95.0 Å². The average Bonchev–Trinajstić information content (AvgIpc) is 2.31. The monoisotopic (exact) mass is 214 g/mol. The van der Waals surface area contributed by atoms with E-state index in [4.69, 9.17) is 10.6 Å². The summed E-state index contributed by atoms with van der Waals surface area (Å²) in [5.41, 5.74) is 8.34. The van der Waals surface area contributed by atoms with Crippen LogP contribution in [0.2, 0.25) is 0 Å². The van der Waals surface area contributed by atoms with Gasteiger partial charge >= 0.3 is 0 Å². The maximum atomic E-state index is 5.75. The molecule has 3 nitrogen and oxygen atoms in total. The van der Waals surface area contributed by atoms with Gasteiger partial charge < -0.3 is 5.73 Å². The average molecular weight is 214 g/mol. The van der Waals surface area contributed by atoms with Crippen molar-refractivity contribution in [1.29, 1.82) is 0 Å². The Hall–Kier alpha value is -2.00. The molecule has 0 aliphatic rings. The van der Waals surface area contributed by atoms with Gasteiger partial charge in [0.2, 0.25) is 0 Å². The molecule has 82 valence electrons. The second kappa shape index (κ2) is 4.68. The molecule has 0 spiro atoms. The van der Waals surface area contributed by atoms with Gasteiger partial charge in [-0.15, -0.1) is 0 Å². The van der Waals surface area contributed by atoms with E-state index < -0.39 is 0 Å². The topological polar surface area (TPSA) is 38.5 Å². The summed E-state index contributed by atoms with van der Waals surface area (Å²) in [6.45, 7) is 0. The van der Waals surface area contributed by atoms with Gasteiger partial charge in [-0.1, -0.05) is 24.3 Å². The first kappa shape index (κ1) is 10.5. The fourth-order valence-electron chi connectivity index (χ4n) is 1.57. The molecule has 3 heteroatoms. The predicted octanol–water partition coefficient (Wildman–Crippen LogP) is 2.97. The first-order valence-corrected chi connectivity index (χ1v) is 5.06. The van der Waals surface area contributed by atoms with Crippen LogP contribution in [0.25, 0.3) is 0 Å². The van der Waals surface area contributed by atoms with E-state index in [2.05, 4.69) is 0 Å². The van der Waals surface area contributed by atoms with Crippen LogP contribution < -0.4 is 10.8 Å². The Morgan fingerprint density at radius 2 is 1.62 bits per heavy atom. The summed E-state index contributed by atoms with van der Waals surface area (Å²) in [6, 6.07) is 17.4. The minimum absolute atomic E-state index is 0.718. The lowest BCUT2D eigenvalue weighted by molar-refractivity contribution is 0.201. The van der Waals surface area contributed by atoms with Crippen LogP contribution in [0.3, 0.4) is 0 Å². The summed E-state index contributed by atoms with van der Waals surface area (Å²) in [4.78, 5) is 5.36. The maximum absolute atomic E-state index is 5.75. The van der Waals surface area contributed by atoms with Crippen molar-refractivity contribution in [2.24, 2.45) is 0 Å². The van der Waals surface area contributed by atoms with Crippen LogP contribution in [-0.4, -0.2) is 7.11 Å². The van der Waals surface area contributed by atoms with E-state index in [1.54, 1.807) is 12.2 Å². The quantitative estimate of drug-likeness (QED) is 0.630. The third kappa shape index (κ3) is 2.15. The lowest BCUT2D eigenvalue weighted by atomic mass is 10.2. The molecule has 2 rings (SSSR count). The summed E-state index contributed by atoms with van der Waals surface area (Å²) in [7, 11) is 1.64.